The molecule has 0 aliphatic heterocycles. The maximum absolute atomic E-state index is 14.3. The highest BCUT2D eigenvalue weighted by molar-refractivity contribution is 6.07. The summed E-state index contributed by atoms with van der Waals surface area (Å²) < 4.78 is 15.3. The van der Waals surface area contributed by atoms with Crippen LogP contribution in [0.15, 0.2) is 84.0 Å². The number of para-hydroxylation sites is 1. The number of hydrogen-bond acceptors (Lipinski definition) is 4. The molecule has 0 fully saturated rings. The van der Waals surface area contributed by atoms with E-state index in [2.05, 4.69) is 15.6 Å². The Bertz CT molecular complexity index is 1280. The summed E-state index contributed by atoms with van der Waals surface area (Å²) in [6, 6.07) is 24.9. The highest BCUT2D eigenvalue weighted by Crippen LogP contribution is 2.28. The first-order chi connectivity index (χ1) is 16.0. The van der Waals surface area contributed by atoms with Crippen LogP contribution < -0.4 is 5.32 Å². The number of carbonyl (C=O) groups excluding carboxylic acids is 1. The fourth-order valence-corrected chi connectivity index (χ4v) is 3.45. The van der Waals surface area contributed by atoms with Crippen molar-refractivity contribution in [1.29, 1.82) is 0 Å². The summed E-state index contributed by atoms with van der Waals surface area (Å²) in [6.45, 7) is 2.01. The molecule has 7 heteroatoms. The van der Waals surface area contributed by atoms with Gasteiger partial charge in [0.1, 0.15) is 12.2 Å². The van der Waals surface area contributed by atoms with Crippen molar-refractivity contribution in [2.24, 2.45) is 12.2 Å². The number of hydrogen-bond donors (Lipinski definition) is 1. The lowest BCUT2D eigenvalue weighted by atomic mass is 10.0. The number of aromatic nitrogens is 2. The molecule has 4 rings (SSSR count). The summed E-state index contributed by atoms with van der Waals surface area (Å²) in [5.74, 6) is -1.20. The molecule has 0 atom stereocenters. The number of amides is 1. The van der Waals surface area contributed by atoms with Crippen molar-refractivity contribution in [2.45, 2.75) is 13.5 Å². The molecule has 0 unspecified atom stereocenters. The standard InChI is InChI=1S/C26H23FN4O2/c1-18-24(25(27)31(2)30-18)26(32)29-23-11-7-6-10-22(23)21-14-12-19(13-15-21)16-28-33-17-20-8-4-3-5-9-20/h3-16H,17H2,1-2H3,(H,29,32). The number of nitrogens with zero attached hydrogens (tertiary/aromatic N) is 3. The minimum atomic E-state index is -0.666. The SMILES string of the molecule is Cc1nn(C)c(F)c1C(=O)Nc1ccccc1-c1ccc(C=NOCc2ccccc2)cc1. The van der Waals surface area contributed by atoms with Crippen LogP contribution in [0.2, 0.25) is 0 Å². The number of carbonyl (C=O) groups is 1. The fourth-order valence-electron chi connectivity index (χ4n) is 3.45. The van der Waals surface area contributed by atoms with Crippen molar-refractivity contribution in [1.82, 2.24) is 9.78 Å². The lowest BCUT2D eigenvalue weighted by molar-refractivity contribution is 0.102. The third kappa shape index (κ3) is 5.15. The van der Waals surface area contributed by atoms with Crippen molar-refractivity contribution < 1.29 is 14.0 Å². The molecule has 4 aromatic rings. The highest BCUT2D eigenvalue weighted by atomic mass is 19.1. The molecule has 0 saturated carbocycles. The number of aryl methyl sites for hydroxylation is 2. The van der Waals surface area contributed by atoms with Gasteiger partial charge in [-0.15, -0.1) is 0 Å². The van der Waals surface area contributed by atoms with Gasteiger partial charge in [-0.05, 0) is 29.7 Å². The van der Waals surface area contributed by atoms with E-state index in [0.29, 0.717) is 18.0 Å². The zero-order valence-corrected chi connectivity index (χ0v) is 18.3. The average molecular weight is 442 g/mol. The fraction of sp³-hybridized carbons (Fsp3) is 0.115. The Balaban J connectivity index is 1.46. The Morgan fingerprint density at radius 3 is 2.45 bits per heavy atom. The van der Waals surface area contributed by atoms with Crippen LogP contribution in [-0.4, -0.2) is 21.9 Å². The first-order valence-corrected chi connectivity index (χ1v) is 10.4. The van der Waals surface area contributed by atoms with Gasteiger partial charge >= 0.3 is 0 Å². The minimum Gasteiger partial charge on any atom is -0.391 e. The Morgan fingerprint density at radius 2 is 1.76 bits per heavy atom. The van der Waals surface area contributed by atoms with Crippen LogP contribution in [-0.2, 0) is 18.5 Å². The Kier molecular flexibility index (Phi) is 6.59. The second-order valence-electron chi connectivity index (χ2n) is 7.49. The van der Waals surface area contributed by atoms with Gasteiger partial charge in [0.05, 0.1) is 11.9 Å². The molecule has 33 heavy (non-hydrogen) atoms. The van der Waals surface area contributed by atoms with E-state index in [9.17, 15) is 9.18 Å². The molecule has 166 valence electrons. The number of anilines is 1. The Hall–Kier alpha value is -4.26. The molecule has 1 amide bonds. The van der Waals surface area contributed by atoms with Gasteiger partial charge in [-0.2, -0.15) is 9.49 Å². The van der Waals surface area contributed by atoms with Crippen LogP contribution >= 0.6 is 0 Å². The molecule has 1 heterocycles. The van der Waals surface area contributed by atoms with E-state index in [-0.39, 0.29) is 5.56 Å². The monoisotopic (exact) mass is 442 g/mol. The van der Waals surface area contributed by atoms with E-state index >= 15 is 0 Å². The third-order valence-electron chi connectivity index (χ3n) is 5.13. The van der Waals surface area contributed by atoms with Crippen molar-refractivity contribution in [3.05, 3.63) is 107 Å². The van der Waals surface area contributed by atoms with Gasteiger partial charge in [-0.1, -0.05) is 78.0 Å². The lowest BCUT2D eigenvalue weighted by Crippen LogP contribution is -2.15. The minimum absolute atomic E-state index is 0.0608. The summed E-state index contributed by atoms with van der Waals surface area (Å²) in [5.41, 5.74) is 4.50. The second-order valence-corrected chi connectivity index (χ2v) is 7.49. The molecule has 0 aliphatic carbocycles. The lowest BCUT2D eigenvalue weighted by Gasteiger charge is -2.11. The first kappa shape index (κ1) is 22.0. The summed E-state index contributed by atoms with van der Waals surface area (Å²) in [7, 11) is 1.46. The molecule has 0 bridgehead atoms. The number of oxime groups is 1. The van der Waals surface area contributed by atoms with E-state index in [1.165, 1.54) is 7.05 Å². The molecule has 0 saturated heterocycles. The van der Waals surface area contributed by atoms with Gasteiger partial charge < -0.3 is 10.2 Å². The van der Waals surface area contributed by atoms with Crippen molar-refractivity contribution in [3.63, 3.8) is 0 Å². The van der Waals surface area contributed by atoms with E-state index in [0.717, 1.165) is 26.9 Å². The van der Waals surface area contributed by atoms with Gasteiger partial charge in [-0.25, -0.2) is 4.68 Å². The normalized spacial score (nSPS) is 11.0. The number of halogens is 1. The Labute approximate surface area is 191 Å². The summed E-state index contributed by atoms with van der Waals surface area (Å²) in [6.07, 6.45) is 1.65. The van der Waals surface area contributed by atoms with E-state index < -0.39 is 11.9 Å². The number of benzene rings is 3. The van der Waals surface area contributed by atoms with Crippen LogP contribution in [0.4, 0.5) is 10.1 Å². The predicted molar refractivity (Wildman–Crippen MR) is 127 cm³/mol. The van der Waals surface area contributed by atoms with Gasteiger partial charge in [-0.3, -0.25) is 4.79 Å². The number of rotatable bonds is 7. The Morgan fingerprint density at radius 1 is 1.06 bits per heavy atom. The largest absolute Gasteiger partial charge is 0.391 e. The predicted octanol–water partition coefficient (Wildman–Crippen LogP) is 5.34. The molecule has 0 aliphatic rings. The van der Waals surface area contributed by atoms with Crippen LogP contribution in [0.1, 0.15) is 27.2 Å². The van der Waals surface area contributed by atoms with E-state index in [4.69, 9.17) is 4.84 Å². The van der Waals surface area contributed by atoms with Crippen LogP contribution in [0.25, 0.3) is 11.1 Å². The highest BCUT2D eigenvalue weighted by Gasteiger charge is 2.21. The zero-order valence-electron chi connectivity index (χ0n) is 18.3. The smallest absolute Gasteiger partial charge is 0.262 e. The molecular formula is C26H23FN4O2. The molecule has 3 aromatic carbocycles. The quantitative estimate of drug-likeness (QED) is 0.310. The summed E-state index contributed by atoms with van der Waals surface area (Å²) >= 11 is 0. The van der Waals surface area contributed by atoms with Gasteiger partial charge in [0.15, 0.2) is 0 Å². The van der Waals surface area contributed by atoms with Crippen LogP contribution in [0, 0.1) is 12.9 Å². The topological polar surface area (TPSA) is 68.5 Å². The zero-order chi connectivity index (χ0) is 23.2. The molecule has 6 nitrogen and oxygen atoms in total. The first-order valence-electron chi connectivity index (χ1n) is 10.4. The molecule has 0 radical (unpaired) electrons. The van der Waals surface area contributed by atoms with Crippen LogP contribution in [0.3, 0.4) is 0 Å². The summed E-state index contributed by atoms with van der Waals surface area (Å²) in [5, 5.41) is 10.8. The van der Waals surface area contributed by atoms with Crippen molar-refractivity contribution >= 4 is 17.8 Å². The average Bonchev–Trinajstić information content (AvgIpc) is 3.09. The van der Waals surface area contributed by atoms with Gasteiger partial charge in [0.25, 0.3) is 5.91 Å². The summed E-state index contributed by atoms with van der Waals surface area (Å²) in [4.78, 5) is 18.1. The molecular weight excluding hydrogens is 419 g/mol. The van der Waals surface area contributed by atoms with Gasteiger partial charge in [0, 0.05) is 18.3 Å². The third-order valence-corrected chi connectivity index (χ3v) is 5.13. The van der Waals surface area contributed by atoms with Gasteiger partial charge in [0.2, 0.25) is 5.95 Å². The van der Waals surface area contributed by atoms with Crippen molar-refractivity contribution in [3.8, 4) is 11.1 Å². The second kappa shape index (κ2) is 9.91. The number of nitrogens with one attached hydrogen (secondary N) is 1. The van der Waals surface area contributed by atoms with Crippen LogP contribution in [0.5, 0.6) is 0 Å². The molecule has 1 N–H and O–H groups in total. The van der Waals surface area contributed by atoms with Crippen molar-refractivity contribution in [2.75, 3.05) is 5.32 Å². The van der Waals surface area contributed by atoms with E-state index in [1.54, 1.807) is 19.2 Å². The molecule has 0 spiro atoms. The maximum atomic E-state index is 14.3. The molecule has 1 aromatic heterocycles. The maximum Gasteiger partial charge on any atom is 0.262 e. The van der Waals surface area contributed by atoms with E-state index in [1.807, 2.05) is 72.8 Å².